The molecule has 0 spiro atoms. The SMILES string of the molecule is CCC[C@H](NC(=O)c1cc2c(s1)CCC2)C(=O)O. The second-order valence-corrected chi connectivity index (χ2v) is 5.70. The van der Waals surface area contributed by atoms with Gasteiger partial charge in [-0.05, 0) is 37.3 Å². The van der Waals surface area contributed by atoms with Gasteiger partial charge in [0.15, 0.2) is 0 Å². The van der Waals surface area contributed by atoms with Crippen LogP contribution in [0.4, 0.5) is 0 Å². The average molecular weight is 267 g/mol. The van der Waals surface area contributed by atoms with E-state index in [1.807, 2.05) is 13.0 Å². The van der Waals surface area contributed by atoms with E-state index in [1.165, 1.54) is 21.8 Å². The number of thiophene rings is 1. The van der Waals surface area contributed by atoms with E-state index >= 15 is 0 Å². The van der Waals surface area contributed by atoms with Crippen molar-refractivity contribution in [3.05, 3.63) is 21.4 Å². The van der Waals surface area contributed by atoms with E-state index in [2.05, 4.69) is 5.32 Å². The first-order chi connectivity index (χ1) is 8.61. The number of carboxylic acid groups (broad SMARTS) is 1. The number of nitrogens with one attached hydrogen (secondary N) is 1. The monoisotopic (exact) mass is 267 g/mol. The highest BCUT2D eigenvalue weighted by Crippen LogP contribution is 2.30. The second kappa shape index (κ2) is 5.52. The summed E-state index contributed by atoms with van der Waals surface area (Å²) in [5.41, 5.74) is 1.26. The van der Waals surface area contributed by atoms with Crippen LogP contribution in [0, 0.1) is 0 Å². The van der Waals surface area contributed by atoms with Gasteiger partial charge in [-0.1, -0.05) is 13.3 Å². The van der Waals surface area contributed by atoms with Gasteiger partial charge < -0.3 is 10.4 Å². The number of aliphatic carboxylic acids is 1. The van der Waals surface area contributed by atoms with Crippen LogP contribution in [0.15, 0.2) is 6.07 Å². The zero-order chi connectivity index (χ0) is 13.1. The number of carboxylic acids is 1. The van der Waals surface area contributed by atoms with Gasteiger partial charge in [-0.25, -0.2) is 4.79 Å². The summed E-state index contributed by atoms with van der Waals surface area (Å²) in [4.78, 5) is 24.9. The van der Waals surface area contributed by atoms with Crippen LogP contribution in [0.2, 0.25) is 0 Å². The molecule has 1 aromatic rings. The van der Waals surface area contributed by atoms with Gasteiger partial charge in [-0.3, -0.25) is 4.79 Å². The Bertz CT molecular complexity index is 445. The molecular weight excluding hydrogens is 250 g/mol. The van der Waals surface area contributed by atoms with E-state index in [4.69, 9.17) is 5.11 Å². The molecule has 4 nitrogen and oxygen atoms in total. The molecule has 0 unspecified atom stereocenters. The number of amides is 1. The van der Waals surface area contributed by atoms with Crippen LogP contribution in [-0.4, -0.2) is 23.0 Å². The van der Waals surface area contributed by atoms with Gasteiger partial charge in [0.1, 0.15) is 6.04 Å². The molecule has 18 heavy (non-hydrogen) atoms. The lowest BCUT2D eigenvalue weighted by Crippen LogP contribution is -2.40. The van der Waals surface area contributed by atoms with Crippen LogP contribution in [-0.2, 0) is 17.6 Å². The van der Waals surface area contributed by atoms with Crippen LogP contribution >= 0.6 is 11.3 Å². The molecule has 2 N–H and O–H groups in total. The predicted octanol–water partition coefficient (Wildman–Crippen LogP) is 2.22. The fraction of sp³-hybridized carbons (Fsp3) is 0.538. The number of hydrogen-bond donors (Lipinski definition) is 2. The molecule has 0 aliphatic heterocycles. The zero-order valence-corrected chi connectivity index (χ0v) is 11.2. The number of hydrogen-bond acceptors (Lipinski definition) is 3. The van der Waals surface area contributed by atoms with Gasteiger partial charge in [0.05, 0.1) is 4.88 Å². The Hall–Kier alpha value is -1.36. The molecular formula is C13H17NO3S. The summed E-state index contributed by atoms with van der Waals surface area (Å²) in [5.74, 6) is -1.22. The van der Waals surface area contributed by atoms with E-state index in [9.17, 15) is 9.59 Å². The van der Waals surface area contributed by atoms with Crippen LogP contribution in [0.1, 0.15) is 46.3 Å². The number of carbonyl (C=O) groups excluding carboxylic acids is 1. The minimum absolute atomic E-state index is 0.254. The maximum atomic E-state index is 12.0. The highest BCUT2D eigenvalue weighted by Gasteiger charge is 2.23. The third-order valence-electron chi connectivity index (χ3n) is 3.15. The first-order valence-corrected chi connectivity index (χ1v) is 7.08. The largest absolute Gasteiger partial charge is 0.480 e. The highest BCUT2D eigenvalue weighted by atomic mass is 32.1. The van der Waals surface area contributed by atoms with Crippen LogP contribution in [0.5, 0.6) is 0 Å². The lowest BCUT2D eigenvalue weighted by atomic mass is 10.1. The normalized spacial score (nSPS) is 15.2. The first kappa shape index (κ1) is 13.1. The van der Waals surface area contributed by atoms with Crippen LogP contribution in [0.3, 0.4) is 0 Å². The Labute approximate surface area is 110 Å². The summed E-state index contributed by atoms with van der Waals surface area (Å²) in [6.45, 7) is 1.90. The average Bonchev–Trinajstić information content (AvgIpc) is 2.87. The Morgan fingerprint density at radius 3 is 2.89 bits per heavy atom. The van der Waals surface area contributed by atoms with Crippen LogP contribution < -0.4 is 5.32 Å². The smallest absolute Gasteiger partial charge is 0.326 e. The maximum Gasteiger partial charge on any atom is 0.326 e. The van der Waals surface area contributed by atoms with E-state index in [0.29, 0.717) is 11.3 Å². The molecule has 1 aliphatic carbocycles. The lowest BCUT2D eigenvalue weighted by molar-refractivity contribution is -0.139. The van der Waals surface area contributed by atoms with E-state index in [1.54, 1.807) is 0 Å². The van der Waals surface area contributed by atoms with Crippen molar-refractivity contribution in [1.82, 2.24) is 5.32 Å². The van der Waals surface area contributed by atoms with Gasteiger partial charge >= 0.3 is 5.97 Å². The Morgan fingerprint density at radius 2 is 2.28 bits per heavy atom. The molecule has 0 radical (unpaired) electrons. The number of rotatable bonds is 5. The van der Waals surface area contributed by atoms with Crippen LogP contribution in [0.25, 0.3) is 0 Å². The van der Waals surface area contributed by atoms with Gasteiger partial charge in [0.2, 0.25) is 0 Å². The molecule has 5 heteroatoms. The molecule has 1 aliphatic rings. The Kier molecular flexibility index (Phi) is 4.01. The minimum atomic E-state index is -0.964. The van der Waals surface area contributed by atoms with Gasteiger partial charge in [0.25, 0.3) is 5.91 Å². The van der Waals surface area contributed by atoms with Crippen molar-refractivity contribution in [2.24, 2.45) is 0 Å². The van der Waals surface area contributed by atoms with Crippen molar-refractivity contribution in [3.63, 3.8) is 0 Å². The van der Waals surface area contributed by atoms with Gasteiger partial charge in [-0.15, -0.1) is 11.3 Å². The summed E-state index contributed by atoms with van der Waals surface area (Å²) in [6.07, 6.45) is 4.45. The van der Waals surface area contributed by atoms with Crippen molar-refractivity contribution in [1.29, 1.82) is 0 Å². The molecule has 0 saturated heterocycles. The van der Waals surface area contributed by atoms with E-state index in [0.717, 1.165) is 25.7 Å². The molecule has 98 valence electrons. The lowest BCUT2D eigenvalue weighted by Gasteiger charge is -2.12. The molecule has 0 bridgehead atoms. The predicted molar refractivity (Wildman–Crippen MR) is 70.1 cm³/mol. The standard InChI is InChI=1S/C13H17NO3S/c1-2-4-9(13(16)17)14-12(15)11-7-8-5-3-6-10(8)18-11/h7,9H,2-6H2,1H3,(H,14,15)(H,16,17)/t9-/m0/s1. The van der Waals surface area contributed by atoms with Crippen molar-refractivity contribution in [3.8, 4) is 0 Å². The number of carbonyl (C=O) groups is 2. The van der Waals surface area contributed by atoms with Gasteiger partial charge in [-0.2, -0.15) is 0 Å². The molecule has 1 amide bonds. The molecule has 1 aromatic heterocycles. The summed E-state index contributed by atoms with van der Waals surface area (Å²) >= 11 is 1.50. The molecule has 1 heterocycles. The first-order valence-electron chi connectivity index (χ1n) is 6.27. The third kappa shape index (κ3) is 2.72. The van der Waals surface area contributed by atoms with Crippen molar-refractivity contribution < 1.29 is 14.7 Å². The molecule has 0 saturated carbocycles. The summed E-state index contributed by atoms with van der Waals surface area (Å²) in [6, 6.07) is 1.13. The quantitative estimate of drug-likeness (QED) is 0.859. The maximum absolute atomic E-state index is 12.0. The summed E-state index contributed by atoms with van der Waals surface area (Å²) < 4.78 is 0. The summed E-state index contributed by atoms with van der Waals surface area (Å²) in [7, 11) is 0. The Balaban J connectivity index is 2.04. The highest BCUT2D eigenvalue weighted by molar-refractivity contribution is 7.14. The fourth-order valence-electron chi connectivity index (χ4n) is 2.22. The van der Waals surface area contributed by atoms with Gasteiger partial charge in [0, 0.05) is 4.88 Å². The third-order valence-corrected chi connectivity index (χ3v) is 4.39. The van der Waals surface area contributed by atoms with Crippen molar-refractivity contribution in [2.75, 3.05) is 0 Å². The van der Waals surface area contributed by atoms with E-state index in [-0.39, 0.29) is 5.91 Å². The topological polar surface area (TPSA) is 66.4 Å². The summed E-state index contributed by atoms with van der Waals surface area (Å²) in [5, 5.41) is 11.6. The minimum Gasteiger partial charge on any atom is -0.480 e. The molecule has 0 aromatic carbocycles. The van der Waals surface area contributed by atoms with E-state index < -0.39 is 12.0 Å². The number of aryl methyl sites for hydroxylation is 2. The number of fused-ring (bicyclic) bond motifs is 1. The molecule has 1 atom stereocenters. The molecule has 2 rings (SSSR count). The second-order valence-electron chi connectivity index (χ2n) is 4.57. The molecule has 0 fully saturated rings. The Morgan fingerprint density at radius 1 is 1.50 bits per heavy atom. The zero-order valence-electron chi connectivity index (χ0n) is 10.4. The van der Waals surface area contributed by atoms with Crippen molar-refractivity contribution >= 4 is 23.2 Å². The fourth-order valence-corrected chi connectivity index (χ4v) is 3.37. The van der Waals surface area contributed by atoms with Crippen molar-refractivity contribution in [2.45, 2.75) is 45.1 Å².